The Labute approximate surface area is 313 Å². The van der Waals surface area contributed by atoms with Crippen molar-refractivity contribution in [2.24, 2.45) is 22.2 Å². The van der Waals surface area contributed by atoms with Crippen LogP contribution < -0.4 is 4.74 Å². The van der Waals surface area contributed by atoms with Gasteiger partial charge in [0.15, 0.2) is 0 Å². The van der Waals surface area contributed by atoms with E-state index in [1.807, 2.05) is 56.3 Å². The Morgan fingerprint density at radius 1 is 0.784 bits per heavy atom. The maximum Gasteiger partial charge on any atom is 0.312 e. The molecular weight excluding hydrogens is 681 g/mol. The highest BCUT2D eigenvalue weighted by molar-refractivity contribution is 8.00. The Hall–Kier alpha value is -2.85. The van der Waals surface area contributed by atoms with Crippen LogP contribution in [-0.2, 0) is 31.3 Å². The third-order valence-electron chi connectivity index (χ3n) is 11.4. The van der Waals surface area contributed by atoms with Crippen LogP contribution in [0.1, 0.15) is 110 Å². The highest BCUT2D eigenvalue weighted by Gasteiger charge is 2.61. The first-order chi connectivity index (χ1) is 23.8. The minimum Gasteiger partial charge on any atom is -0.491 e. The summed E-state index contributed by atoms with van der Waals surface area (Å²) in [6.07, 6.45) is -0.435. The Kier molecular flexibility index (Phi) is 14.8. The monoisotopic (exact) mass is 740 g/mol. The molecule has 4 unspecified atom stereocenters. The van der Waals surface area contributed by atoms with E-state index in [1.54, 1.807) is 11.8 Å². The molecule has 0 radical (unpaired) electrons. The number of thioether (sulfide) groups is 1. The quantitative estimate of drug-likeness (QED) is 0.0714. The molecule has 51 heavy (non-hydrogen) atoms. The minimum absolute atomic E-state index is 0.0235. The first-order valence-corrected chi connectivity index (χ1v) is 20.0. The third-order valence-corrected chi connectivity index (χ3v) is 13.5. The van der Waals surface area contributed by atoms with Crippen molar-refractivity contribution in [1.29, 1.82) is 0 Å². The minimum atomic E-state index is -2.96. The molecule has 0 bridgehead atoms. The lowest BCUT2D eigenvalue weighted by atomic mass is 9.46. The van der Waals surface area contributed by atoms with Gasteiger partial charge in [-0.1, -0.05) is 129 Å². The highest BCUT2D eigenvalue weighted by Crippen LogP contribution is 2.64. The van der Waals surface area contributed by atoms with Crippen molar-refractivity contribution in [2.75, 3.05) is 19.0 Å². The lowest BCUT2D eigenvalue weighted by molar-refractivity contribution is -0.179. The molecule has 0 aliphatic heterocycles. The van der Waals surface area contributed by atoms with E-state index in [1.165, 1.54) is 5.56 Å². The summed E-state index contributed by atoms with van der Waals surface area (Å²) in [4.78, 5) is 14.6. The molecule has 0 heterocycles. The molecule has 1 N–H and O–H groups in total. The normalized spacial score (nSPS) is 15.6. The summed E-state index contributed by atoms with van der Waals surface area (Å²) in [7, 11) is -2.96. The molecule has 3 aromatic carbocycles. The van der Waals surface area contributed by atoms with Crippen LogP contribution >= 0.6 is 11.8 Å². The number of hydrogen-bond acceptors (Lipinski definition) is 8. The molecule has 0 aliphatic carbocycles. The number of carbonyl (C=O) groups is 1. The average Bonchev–Trinajstić information content (AvgIpc) is 3.07. The SMILES string of the molecule is CC(O)CSC(C)(C)C(c1ccccc1)C(C)(C)C(C)(C)C(C)(C(=O)OCc1cc(OCCO[SH](=O)=O)cc(C(C)c2ccccc2)c1)C(C)C. The van der Waals surface area contributed by atoms with E-state index in [-0.39, 0.29) is 48.3 Å². The van der Waals surface area contributed by atoms with Crippen molar-refractivity contribution < 1.29 is 32.0 Å². The van der Waals surface area contributed by atoms with Gasteiger partial charge >= 0.3 is 5.97 Å². The van der Waals surface area contributed by atoms with Crippen LogP contribution in [0.25, 0.3) is 0 Å². The zero-order chi connectivity index (χ0) is 38.2. The second kappa shape index (κ2) is 17.8. The smallest absolute Gasteiger partial charge is 0.312 e. The number of hydrogen-bond donors (Lipinski definition) is 2. The van der Waals surface area contributed by atoms with Crippen molar-refractivity contribution in [3.8, 4) is 5.75 Å². The van der Waals surface area contributed by atoms with Gasteiger partial charge in [0, 0.05) is 22.3 Å². The number of aliphatic hydroxyl groups excluding tert-OH is 1. The van der Waals surface area contributed by atoms with E-state index in [0.29, 0.717) is 11.5 Å². The van der Waals surface area contributed by atoms with Crippen LogP contribution in [0.2, 0.25) is 0 Å². The molecule has 0 aromatic heterocycles. The number of rotatable bonds is 19. The molecule has 3 rings (SSSR count). The molecule has 0 spiro atoms. The van der Waals surface area contributed by atoms with Gasteiger partial charge in [0.25, 0.3) is 11.0 Å². The fourth-order valence-electron chi connectivity index (χ4n) is 7.60. The number of benzene rings is 3. The van der Waals surface area contributed by atoms with Crippen LogP contribution in [0, 0.1) is 22.2 Å². The fourth-order valence-corrected chi connectivity index (χ4v) is 9.09. The van der Waals surface area contributed by atoms with Crippen LogP contribution in [0.15, 0.2) is 78.9 Å². The molecule has 282 valence electrons. The average molecular weight is 741 g/mol. The van der Waals surface area contributed by atoms with Crippen molar-refractivity contribution in [3.05, 3.63) is 101 Å². The highest BCUT2D eigenvalue weighted by atomic mass is 32.2. The van der Waals surface area contributed by atoms with E-state index in [0.717, 1.165) is 16.7 Å². The van der Waals surface area contributed by atoms with E-state index < -0.39 is 33.3 Å². The molecule has 9 heteroatoms. The topological polar surface area (TPSA) is 99.1 Å². The van der Waals surface area contributed by atoms with Crippen molar-refractivity contribution in [3.63, 3.8) is 0 Å². The van der Waals surface area contributed by atoms with Crippen LogP contribution in [-0.4, -0.2) is 49.3 Å². The van der Waals surface area contributed by atoms with Crippen LogP contribution in [0.3, 0.4) is 0 Å². The summed E-state index contributed by atoms with van der Waals surface area (Å²) < 4.78 is 38.4. The molecule has 0 saturated carbocycles. The van der Waals surface area contributed by atoms with Gasteiger partial charge in [-0.25, -0.2) is 8.42 Å². The standard InChI is InChI=1S/C42H60O7S2/c1-29(2)42(11,41(9,10)39(5,6)37(34-20-16-13-17-21-34)40(7,8)50-28-30(3)43)38(44)48-27-32-24-35(31(4)33-18-14-12-15-19-33)26-36(25-32)47-22-23-49-51(45)46/h12-21,24-26,29-31,37,43,51H,22-23,27-28H2,1-11H3. The van der Waals surface area contributed by atoms with Gasteiger partial charge in [0.1, 0.15) is 25.6 Å². The second-order valence-electron chi connectivity index (χ2n) is 15.8. The van der Waals surface area contributed by atoms with Crippen molar-refractivity contribution >= 4 is 28.7 Å². The summed E-state index contributed by atoms with van der Waals surface area (Å²) in [5.41, 5.74) is 2.19. The van der Waals surface area contributed by atoms with Crippen molar-refractivity contribution in [2.45, 2.75) is 105 Å². The van der Waals surface area contributed by atoms with E-state index >= 15 is 0 Å². The lowest BCUT2D eigenvalue weighted by Crippen LogP contribution is -2.57. The van der Waals surface area contributed by atoms with Gasteiger partial charge in [-0.2, -0.15) is 11.8 Å². The largest absolute Gasteiger partial charge is 0.491 e. The zero-order valence-electron chi connectivity index (χ0n) is 32.4. The third kappa shape index (κ3) is 10.2. The van der Waals surface area contributed by atoms with E-state index in [4.69, 9.17) is 9.47 Å². The second-order valence-corrected chi connectivity index (χ2v) is 18.2. The molecule has 7 nitrogen and oxygen atoms in total. The Bertz CT molecular complexity index is 1620. The molecule has 0 amide bonds. The van der Waals surface area contributed by atoms with Gasteiger partial charge in [-0.3, -0.25) is 8.98 Å². The van der Waals surface area contributed by atoms with Gasteiger partial charge in [0.05, 0.1) is 11.5 Å². The van der Waals surface area contributed by atoms with Crippen molar-refractivity contribution in [1.82, 2.24) is 0 Å². The summed E-state index contributed by atoms with van der Waals surface area (Å²) in [5, 5.41) is 10.2. The summed E-state index contributed by atoms with van der Waals surface area (Å²) in [6, 6.07) is 26.4. The Morgan fingerprint density at radius 2 is 1.35 bits per heavy atom. The number of carbonyl (C=O) groups excluding carboxylic acids is 1. The molecule has 3 aromatic rings. The maximum atomic E-state index is 14.6. The number of esters is 1. The Morgan fingerprint density at radius 3 is 1.88 bits per heavy atom. The molecule has 0 aliphatic rings. The van der Waals surface area contributed by atoms with E-state index in [9.17, 15) is 18.3 Å². The van der Waals surface area contributed by atoms with Gasteiger partial charge in [-0.05, 0) is 65.0 Å². The van der Waals surface area contributed by atoms with E-state index in [2.05, 4.69) is 103 Å². The molecule has 0 saturated heterocycles. The maximum absolute atomic E-state index is 14.6. The summed E-state index contributed by atoms with van der Waals surface area (Å²) >= 11 is 1.76. The number of ether oxygens (including phenoxy) is 2. The first-order valence-electron chi connectivity index (χ1n) is 17.9. The Balaban J connectivity index is 2.00. The van der Waals surface area contributed by atoms with Crippen LogP contribution in [0.5, 0.6) is 5.75 Å². The molecular formula is C42H60O7S2. The predicted octanol–water partition coefficient (Wildman–Crippen LogP) is 9.19. The summed E-state index contributed by atoms with van der Waals surface area (Å²) in [6.45, 7) is 23.6. The van der Waals surface area contributed by atoms with Gasteiger partial charge in [-0.15, -0.1) is 0 Å². The summed E-state index contributed by atoms with van der Waals surface area (Å²) in [5.74, 6) is 0.878. The van der Waals surface area contributed by atoms with Crippen LogP contribution in [0.4, 0.5) is 0 Å². The lowest BCUT2D eigenvalue weighted by Gasteiger charge is -2.59. The fraction of sp³-hybridized carbons (Fsp3) is 0.548. The first kappa shape index (κ1) is 42.6. The zero-order valence-corrected chi connectivity index (χ0v) is 34.1. The molecule has 0 fully saturated rings. The molecule has 4 atom stereocenters. The van der Waals surface area contributed by atoms with Gasteiger partial charge in [0.2, 0.25) is 0 Å². The van der Waals surface area contributed by atoms with Gasteiger partial charge < -0.3 is 14.6 Å². The predicted molar refractivity (Wildman–Crippen MR) is 210 cm³/mol. The number of thiol groups is 1. The number of aliphatic hydroxyl groups is 1.